The van der Waals surface area contributed by atoms with Gasteiger partial charge in [-0.15, -0.1) is 34.2 Å². The fourth-order valence-corrected chi connectivity index (χ4v) is 3.10. The first-order valence-electron chi connectivity index (χ1n) is 9.20. The number of aromatic nitrogens is 3. The molecule has 2 N–H and O–H groups in total. The van der Waals surface area contributed by atoms with Gasteiger partial charge in [-0.2, -0.15) is 11.8 Å². The van der Waals surface area contributed by atoms with Gasteiger partial charge in [-0.25, -0.2) is 4.99 Å². The topological polar surface area (TPSA) is 110 Å². The fourth-order valence-electron chi connectivity index (χ4n) is 2.67. The third-order valence-corrected chi connectivity index (χ3v) is 4.88. The summed E-state index contributed by atoms with van der Waals surface area (Å²) in [6.07, 6.45) is 5.03. The van der Waals surface area contributed by atoms with Crippen LogP contribution < -0.4 is 10.6 Å². The summed E-state index contributed by atoms with van der Waals surface area (Å²) in [7, 11) is 0. The molecule has 0 aliphatic carbocycles. The summed E-state index contributed by atoms with van der Waals surface area (Å²) in [6.45, 7) is 1.68. The average molecular weight is 541 g/mol. The molecule has 30 heavy (non-hydrogen) atoms. The van der Waals surface area contributed by atoms with Crippen LogP contribution in [0.25, 0.3) is 5.65 Å². The number of nitro benzene ring substituents is 1. The lowest BCUT2D eigenvalue weighted by Gasteiger charge is -2.12. The van der Waals surface area contributed by atoms with Crippen molar-refractivity contribution in [2.75, 3.05) is 18.6 Å². The number of guanidine groups is 1. The SMILES string of the molecule is CSCCCNC(=NCc1ccc([N+](=O)[O-])cc1)NCc1nnc2ccccn12.I. The average Bonchev–Trinajstić information content (AvgIpc) is 3.16. The molecule has 11 heteroatoms. The molecule has 0 bridgehead atoms. The lowest BCUT2D eigenvalue weighted by molar-refractivity contribution is -0.384. The van der Waals surface area contributed by atoms with Crippen LogP contribution in [0.1, 0.15) is 17.8 Å². The smallest absolute Gasteiger partial charge is 0.269 e. The Hall–Kier alpha value is -2.41. The van der Waals surface area contributed by atoms with Crippen LogP contribution in [0.3, 0.4) is 0 Å². The van der Waals surface area contributed by atoms with E-state index < -0.39 is 4.92 Å². The van der Waals surface area contributed by atoms with E-state index in [1.54, 1.807) is 23.9 Å². The van der Waals surface area contributed by atoms with E-state index in [2.05, 4.69) is 32.1 Å². The van der Waals surface area contributed by atoms with Gasteiger partial charge in [-0.1, -0.05) is 18.2 Å². The highest BCUT2D eigenvalue weighted by Gasteiger charge is 2.07. The minimum atomic E-state index is -0.407. The third-order valence-electron chi connectivity index (χ3n) is 4.18. The van der Waals surface area contributed by atoms with Crippen molar-refractivity contribution in [1.29, 1.82) is 0 Å². The van der Waals surface area contributed by atoms with Crippen molar-refractivity contribution in [1.82, 2.24) is 25.2 Å². The van der Waals surface area contributed by atoms with E-state index in [4.69, 9.17) is 0 Å². The molecule has 2 heterocycles. The first-order valence-corrected chi connectivity index (χ1v) is 10.6. The van der Waals surface area contributed by atoms with Gasteiger partial charge in [0.1, 0.15) is 0 Å². The molecule has 0 amide bonds. The summed E-state index contributed by atoms with van der Waals surface area (Å²) < 4.78 is 1.93. The first-order chi connectivity index (χ1) is 14.2. The van der Waals surface area contributed by atoms with Crippen LogP contribution in [0.4, 0.5) is 5.69 Å². The van der Waals surface area contributed by atoms with Gasteiger partial charge in [0, 0.05) is 24.9 Å². The molecule has 160 valence electrons. The number of nitrogens with one attached hydrogen (secondary N) is 2. The summed E-state index contributed by atoms with van der Waals surface area (Å²) in [5, 5.41) is 25.8. The van der Waals surface area contributed by atoms with E-state index >= 15 is 0 Å². The van der Waals surface area contributed by atoms with Gasteiger partial charge in [0.2, 0.25) is 0 Å². The van der Waals surface area contributed by atoms with Gasteiger partial charge in [0.15, 0.2) is 17.4 Å². The van der Waals surface area contributed by atoms with Gasteiger partial charge in [-0.05, 0) is 36.1 Å². The van der Waals surface area contributed by atoms with Gasteiger partial charge < -0.3 is 10.6 Å². The normalized spacial score (nSPS) is 11.2. The van der Waals surface area contributed by atoms with Crippen LogP contribution in [-0.4, -0.2) is 44.0 Å². The van der Waals surface area contributed by atoms with E-state index in [-0.39, 0.29) is 29.7 Å². The number of thioether (sulfide) groups is 1. The number of hydrogen-bond donors (Lipinski definition) is 2. The number of fused-ring (bicyclic) bond motifs is 1. The molecule has 0 unspecified atom stereocenters. The zero-order valence-corrected chi connectivity index (χ0v) is 19.7. The molecule has 0 spiro atoms. The molecule has 1 aromatic carbocycles. The fraction of sp³-hybridized carbons (Fsp3) is 0.316. The summed E-state index contributed by atoms with van der Waals surface area (Å²) in [4.78, 5) is 15.0. The number of nitrogens with zero attached hydrogens (tertiary/aromatic N) is 5. The molecule has 0 fully saturated rings. The van der Waals surface area contributed by atoms with E-state index in [0.29, 0.717) is 19.0 Å². The predicted octanol–water partition coefficient (Wildman–Crippen LogP) is 3.24. The summed E-state index contributed by atoms with van der Waals surface area (Å²) in [5.74, 6) is 2.52. The van der Waals surface area contributed by atoms with Crippen molar-refractivity contribution in [2.45, 2.75) is 19.5 Å². The molecule has 3 aromatic rings. The number of benzene rings is 1. The molecule has 9 nitrogen and oxygen atoms in total. The number of rotatable bonds is 9. The van der Waals surface area contributed by atoms with E-state index in [9.17, 15) is 10.1 Å². The number of nitro groups is 1. The number of halogens is 1. The molecular weight excluding hydrogens is 517 g/mol. The molecule has 0 atom stereocenters. The standard InChI is InChI=1S/C19H23N7O2S.HI/c1-29-12-4-10-20-19(21-13-15-6-8-16(9-7-15)26(27)28)22-14-18-24-23-17-5-2-3-11-25(17)18;/h2-3,5-9,11H,4,10,12-14H2,1H3,(H2,20,21,22);1H. The van der Waals surface area contributed by atoms with Crippen molar-refractivity contribution < 1.29 is 4.92 Å². The number of aliphatic imine (C=N–C) groups is 1. The van der Waals surface area contributed by atoms with Crippen molar-refractivity contribution in [3.05, 3.63) is 70.2 Å². The number of hydrogen-bond acceptors (Lipinski definition) is 6. The molecule has 3 rings (SSSR count). The van der Waals surface area contributed by atoms with E-state index in [1.165, 1.54) is 12.1 Å². The van der Waals surface area contributed by atoms with Crippen molar-refractivity contribution in [2.24, 2.45) is 4.99 Å². The third kappa shape index (κ3) is 6.83. The maximum atomic E-state index is 10.8. The van der Waals surface area contributed by atoms with Crippen LogP contribution >= 0.6 is 35.7 Å². The lowest BCUT2D eigenvalue weighted by Crippen LogP contribution is -2.38. The van der Waals surface area contributed by atoms with Crippen LogP contribution in [0.5, 0.6) is 0 Å². The van der Waals surface area contributed by atoms with Gasteiger partial charge in [0.05, 0.1) is 18.0 Å². The maximum absolute atomic E-state index is 10.8. The second kappa shape index (κ2) is 12.3. The molecule has 0 radical (unpaired) electrons. The second-order valence-electron chi connectivity index (χ2n) is 6.26. The van der Waals surface area contributed by atoms with Gasteiger partial charge in [-0.3, -0.25) is 14.5 Å². The Kier molecular flexibility index (Phi) is 9.80. The molecule has 0 aliphatic heterocycles. The summed E-state index contributed by atoms with van der Waals surface area (Å²) in [5.41, 5.74) is 1.76. The van der Waals surface area contributed by atoms with Gasteiger partial charge >= 0.3 is 0 Å². The zero-order valence-electron chi connectivity index (χ0n) is 16.5. The Morgan fingerprint density at radius 3 is 2.73 bits per heavy atom. The molecule has 0 aliphatic rings. The Labute approximate surface area is 195 Å². The zero-order chi connectivity index (χ0) is 20.5. The highest BCUT2D eigenvalue weighted by molar-refractivity contribution is 14.0. The maximum Gasteiger partial charge on any atom is 0.269 e. The monoisotopic (exact) mass is 541 g/mol. The quantitative estimate of drug-likeness (QED) is 0.107. The highest BCUT2D eigenvalue weighted by atomic mass is 127. The second-order valence-corrected chi connectivity index (χ2v) is 7.25. The molecule has 0 saturated carbocycles. The number of pyridine rings is 1. The lowest BCUT2D eigenvalue weighted by atomic mass is 10.2. The molecule has 0 saturated heterocycles. The Bertz CT molecular complexity index is 978. The largest absolute Gasteiger partial charge is 0.356 e. The van der Waals surface area contributed by atoms with Crippen LogP contribution in [-0.2, 0) is 13.1 Å². The minimum Gasteiger partial charge on any atom is -0.356 e. The highest BCUT2D eigenvalue weighted by Crippen LogP contribution is 2.12. The van der Waals surface area contributed by atoms with E-state index in [1.807, 2.05) is 28.8 Å². The molecular formula is C19H24IN7O2S. The predicted molar refractivity (Wildman–Crippen MR) is 130 cm³/mol. The van der Waals surface area contributed by atoms with E-state index in [0.717, 1.165) is 35.8 Å². The minimum absolute atomic E-state index is 0. The Morgan fingerprint density at radius 1 is 1.20 bits per heavy atom. The van der Waals surface area contributed by atoms with Gasteiger partial charge in [0.25, 0.3) is 5.69 Å². The van der Waals surface area contributed by atoms with Crippen LogP contribution in [0.15, 0.2) is 53.7 Å². The van der Waals surface area contributed by atoms with Crippen LogP contribution in [0.2, 0.25) is 0 Å². The van der Waals surface area contributed by atoms with Crippen molar-refractivity contribution >= 4 is 53.0 Å². The Balaban J connectivity index is 0.00000320. The van der Waals surface area contributed by atoms with Crippen molar-refractivity contribution in [3.63, 3.8) is 0 Å². The summed E-state index contributed by atoms with van der Waals surface area (Å²) in [6, 6.07) is 12.2. The van der Waals surface area contributed by atoms with Crippen molar-refractivity contribution in [3.8, 4) is 0 Å². The summed E-state index contributed by atoms with van der Waals surface area (Å²) >= 11 is 1.80. The Morgan fingerprint density at radius 2 is 2.00 bits per heavy atom. The molecule has 2 aromatic heterocycles. The van der Waals surface area contributed by atoms with Crippen LogP contribution in [0, 0.1) is 10.1 Å². The number of non-ortho nitro benzene ring substituents is 1. The first kappa shape index (κ1) is 23.9.